The topological polar surface area (TPSA) is 76.9 Å². The van der Waals surface area contributed by atoms with Crippen LogP contribution in [0.2, 0.25) is 0 Å². The van der Waals surface area contributed by atoms with Crippen LogP contribution < -0.4 is 10.9 Å². The molecule has 2 heterocycles. The molecule has 126 valence electrons. The van der Waals surface area contributed by atoms with Crippen LogP contribution in [0, 0.1) is 13.8 Å². The van der Waals surface area contributed by atoms with E-state index < -0.39 is 0 Å². The molecule has 0 saturated carbocycles. The highest BCUT2D eigenvalue weighted by atomic mass is 16.2. The lowest BCUT2D eigenvalue weighted by molar-refractivity contribution is -0.117. The van der Waals surface area contributed by atoms with E-state index in [2.05, 4.69) is 15.4 Å². The SMILES string of the molecule is Cc1ccc(NC(=O)Cn2nc(-c3ccncc3)ccc2=O)cc1C. The summed E-state index contributed by atoms with van der Waals surface area (Å²) in [6.45, 7) is 3.84. The predicted octanol–water partition coefficient (Wildman–Crippen LogP) is 2.56. The van der Waals surface area contributed by atoms with Gasteiger partial charge in [-0.3, -0.25) is 14.6 Å². The molecular formula is C19H18N4O2. The first-order valence-electron chi connectivity index (χ1n) is 7.88. The van der Waals surface area contributed by atoms with Gasteiger partial charge in [0.05, 0.1) is 5.69 Å². The van der Waals surface area contributed by atoms with Crippen LogP contribution in [0.1, 0.15) is 11.1 Å². The van der Waals surface area contributed by atoms with Crippen LogP contribution in [0.4, 0.5) is 5.69 Å². The molecule has 0 unspecified atom stereocenters. The van der Waals surface area contributed by atoms with E-state index in [1.54, 1.807) is 30.6 Å². The molecular weight excluding hydrogens is 316 g/mol. The van der Waals surface area contributed by atoms with E-state index in [1.807, 2.05) is 32.0 Å². The van der Waals surface area contributed by atoms with E-state index in [1.165, 1.54) is 6.07 Å². The van der Waals surface area contributed by atoms with Gasteiger partial charge in [0.15, 0.2) is 0 Å². The molecule has 3 rings (SSSR count). The monoisotopic (exact) mass is 334 g/mol. The van der Waals surface area contributed by atoms with E-state index in [0.717, 1.165) is 21.4 Å². The Balaban J connectivity index is 1.79. The number of aryl methyl sites for hydroxylation is 2. The maximum atomic E-state index is 12.3. The number of carbonyl (C=O) groups excluding carboxylic acids is 1. The fourth-order valence-electron chi connectivity index (χ4n) is 2.39. The van der Waals surface area contributed by atoms with E-state index in [9.17, 15) is 9.59 Å². The van der Waals surface area contributed by atoms with Crippen LogP contribution in [0.15, 0.2) is 59.7 Å². The van der Waals surface area contributed by atoms with Crippen LogP contribution in [-0.4, -0.2) is 20.7 Å². The number of benzene rings is 1. The molecule has 1 N–H and O–H groups in total. The Morgan fingerprint density at radius 1 is 1.04 bits per heavy atom. The van der Waals surface area contributed by atoms with Crippen molar-refractivity contribution < 1.29 is 4.79 Å². The molecule has 25 heavy (non-hydrogen) atoms. The number of nitrogens with zero attached hydrogens (tertiary/aromatic N) is 3. The minimum absolute atomic E-state index is 0.148. The summed E-state index contributed by atoms with van der Waals surface area (Å²) in [6, 6.07) is 12.3. The van der Waals surface area contributed by atoms with Crippen LogP contribution in [0.25, 0.3) is 11.3 Å². The van der Waals surface area contributed by atoms with Gasteiger partial charge in [-0.2, -0.15) is 5.10 Å². The molecule has 1 amide bonds. The largest absolute Gasteiger partial charge is 0.324 e. The normalized spacial score (nSPS) is 10.5. The number of carbonyl (C=O) groups is 1. The van der Waals surface area contributed by atoms with Gasteiger partial charge in [-0.25, -0.2) is 4.68 Å². The number of hydrogen-bond acceptors (Lipinski definition) is 4. The Morgan fingerprint density at radius 2 is 1.80 bits per heavy atom. The van der Waals surface area contributed by atoms with Crippen LogP contribution >= 0.6 is 0 Å². The number of pyridine rings is 1. The zero-order chi connectivity index (χ0) is 17.8. The number of hydrogen-bond donors (Lipinski definition) is 1. The molecule has 6 heteroatoms. The molecule has 0 saturated heterocycles. The van der Waals surface area contributed by atoms with Gasteiger partial charge in [0, 0.05) is 29.7 Å². The number of amides is 1. The van der Waals surface area contributed by atoms with Gasteiger partial charge in [0.1, 0.15) is 6.54 Å². The second kappa shape index (κ2) is 7.09. The summed E-state index contributed by atoms with van der Waals surface area (Å²) in [5, 5.41) is 7.07. The minimum Gasteiger partial charge on any atom is -0.324 e. The van der Waals surface area contributed by atoms with Gasteiger partial charge < -0.3 is 5.32 Å². The summed E-state index contributed by atoms with van der Waals surface area (Å²) in [6.07, 6.45) is 3.30. The number of aromatic nitrogens is 3. The summed E-state index contributed by atoms with van der Waals surface area (Å²) in [5.74, 6) is -0.301. The van der Waals surface area contributed by atoms with E-state index in [-0.39, 0.29) is 18.0 Å². The molecule has 0 aliphatic carbocycles. The highest BCUT2D eigenvalue weighted by Crippen LogP contribution is 2.15. The summed E-state index contributed by atoms with van der Waals surface area (Å²) >= 11 is 0. The van der Waals surface area contributed by atoms with Crippen molar-refractivity contribution in [2.45, 2.75) is 20.4 Å². The Morgan fingerprint density at radius 3 is 2.52 bits per heavy atom. The third-order valence-corrected chi connectivity index (χ3v) is 3.93. The third kappa shape index (κ3) is 3.98. The summed E-state index contributed by atoms with van der Waals surface area (Å²) < 4.78 is 1.16. The fraction of sp³-hybridized carbons (Fsp3) is 0.158. The van der Waals surface area contributed by atoms with Crippen molar-refractivity contribution in [3.63, 3.8) is 0 Å². The third-order valence-electron chi connectivity index (χ3n) is 3.93. The van der Waals surface area contributed by atoms with E-state index in [4.69, 9.17) is 0 Å². The van der Waals surface area contributed by atoms with Gasteiger partial charge in [-0.15, -0.1) is 0 Å². The first-order valence-corrected chi connectivity index (χ1v) is 7.88. The number of anilines is 1. The highest BCUT2D eigenvalue weighted by Gasteiger charge is 2.09. The van der Waals surface area contributed by atoms with Crippen molar-refractivity contribution in [1.82, 2.24) is 14.8 Å². The van der Waals surface area contributed by atoms with Gasteiger partial charge >= 0.3 is 0 Å². The molecule has 2 aromatic heterocycles. The predicted molar refractivity (Wildman–Crippen MR) is 96.3 cm³/mol. The molecule has 0 radical (unpaired) electrons. The molecule has 0 fully saturated rings. The summed E-state index contributed by atoms with van der Waals surface area (Å²) in [4.78, 5) is 28.2. The second-order valence-electron chi connectivity index (χ2n) is 5.80. The van der Waals surface area contributed by atoms with E-state index >= 15 is 0 Å². The van der Waals surface area contributed by atoms with Gasteiger partial charge in [0.25, 0.3) is 5.56 Å². The molecule has 0 atom stereocenters. The molecule has 0 bridgehead atoms. The van der Waals surface area contributed by atoms with Gasteiger partial charge in [0.2, 0.25) is 5.91 Å². The first-order chi connectivity index (χ1) is 12.0. The Bertz CT molecular complexity index is 965. The lowest BCUT2D eigenvalue weighted by Gasteiger charge is -2.09. The lowest BCUT2D eigenvalue weighted by atomic mass is 10.1. The first kappa shape index (κ1) is 16.6. The average Bonchev–Trinajstić information content (AvgIpc) is 2.61. The van der Waals surface area contributed by atoms with Crippen molar-refractivity contribution in [2.24, 2.45) is 0 Å². The molecule has 0 aliphatic heterocycles. The Hall–Kier alpha value is -3.28. The second-order valence-corrected chi connectivity index (χ2v) is 5.80. The average molecular weight is 334 g/mol. The maximum Gasteiger partial charge on any atom is 0.267 e. The quantitative estimate of drug-likeness (QED) is 0.795. The summed E-state index contributed by atoms with van der Waals surface area (Å²) in [5.41, 5.74) is 4.06. The van der Waals surface area contributed by atoms with Crippen molar-refractivity contribution in [1.29, 1.82) is 0 Å². The fourth-order valence-corrected chi connectivity index (χ4v) is 2.39. The van der Waals surface area contributed by atoms with Crippen LogP contribution in [-0.2, 0) is 11.3 Å². The smallest absolute Gasteiger partial charge is 0.267 e. The van der Waals surface area contributed by atoms with Gasteiger partial charge in [-0.1, -0.05) is 6.07 Å². The highest BCUT2D eigenvalue weighted by molar-refractivity contribution is 5.90. The number of nitrogens with one attached hydrogen (secondary N) is 1. The van der Waals surface area contributed by atoms with Crippen LogP contribution in [0.5, 0.6) is 0 Å². The Labute approximate surface area is 145 Å². The van der Waals surface area contributed by atoms with Crippen molar-refractivity contribution in [3.8, 4) is 11.3 Å². The molecule has 1 aromatic carbocycles. The lowest BCUT2D eigenvalue weighted by Crippen LogP contribution is -2.29. The molecule has 6 nitrogen and oxygen atoms in total. The number of rotatable bonds is 4. The molecule has 3 aromatic rings. The standard InChI is InChI=1S/C19H18N4O2/c1-13-3-4-16(11-14(13)2)21-18(24)12-23-19(25)6-5-17(22-23)15-7-9-20-10-8-15/h3-11H,12H2,1-2H3,(H,21,24). The molecule has 0 spiro atoms. The zero-order valence-corrected chi connectivity index (χ0v) is 14.1. The van der Waals surface area contributed by atoms with Crippen LogP contribution in [0.3, 0.4) is 0 Å². The van der Waals surface area contributed by atoms with E-state index in [0.29, 0.717) is 11.4 Å². The minimum atomic E-state index is -0.326. The summed E-state index contributed by atoms with van der Waals surface area (Å²) in [7, 11) is 0. The van der Waals surface area contributed by atoms with Crippen molar-refractivity contribution in [3.05, 3.63) is 76.3 Å². The maximum absolute atomic E-state index is 12.3. The molecule has 0 aliphatic rings. The zero-order valence-electron chi connectivity index (χ0n) is 14.1. The van der Waals surface area contributed by atoms with Gasteiger partial charge in [-0.05, 0) is 55.3 Å². The Kier molecular flexibility index (Phi) is 4.70. The van der Waals surface area contributed by atoms with Crippen molar-refractivity contribution in [2.75, 3.05) is 5.32 Å². The van der Waals surface area contributed by atoms with Crippen molar-refractivity contribution >= 4 is 11.6 Å².